The highest BCUT2D eigenvalue weighted by Crippen LogP contribution is 2.23. The molecule has 1 heterocycles. The van der Waals surface area contributed by atoms with E-state index in [1.807, 2.05) is 13.8 Å². The molecule has 0 bridgehead atoms. The van der Waals surface area contributed by atoms with Crippen molar-refractivity contribution in [3.05, 3.63) is 54.1 Å². The second kappa shape index (κ2) is 13.4. The summed E-state index contributed by atoms with van der Waals surface area (Å²) in [6.07, 6.45) is 4.98. The van der Waals surface area contributed by atoms with Crippen molar-refractivity contribution in [2.24, 2.45) is 0 Å². The molecule has 1 atom stereocenters. The van der Waals surface area contributed by atoms with Crippen LogP contribution in [0.3, 0.4) is 0 Å². The first-order chi connectivity index (χ1) is 15.0. The second-order valence-corrected chi connectivity index (χ2v) is 7.71. The summed E-state index contributed by atoms with van der Waals surface area (Å²) < 4.78 is 5.65. The molecule has 6 nitrogen and oxygen atoms in total. The highest BCUT2D eigenvalue weighted by atomic mass is 16.5. The molecule has 0 spiro atoms. The van der Waals surface area contributed by atoms with Crippen LogP contribution in [-0.4, -0.2) is 37.4 Å². The number of ether oxygens (including phenoxy) is 1. The molecule has 0 aromatic heterocycles. The van der Waals surface area contributed by atoms with Crippen LogP contribution in [0.2, 0.25) is 0 Å². The maximum atomic E-state index is 11.2. The maximum absolute atomic E-state index is 11.2. The molecule has 2 amide bonds. The van der Waals surface area contributed by atoms with Gasteiger partial charge in [0.25, 0.3) is 0 Å². The van der Waals surface area contributed by atoms with Crippen molar-refractivity contribution in [1.82, 2.24) is 10.6 Å². The predicted octanol–water partition coefficient (Wildman–Crippen LogP) is 5.24. The van der Waals surface area contributed by atoms with E-state index in [4.69, 9.17) is 9.84 Å². The van der Waals surface area contributed by atoms with Crippen LogP contribution < -0.4 is 20.3 Å². The minimum Gasteiger partial charge on any atom is -0.508 e. The minimum absolute atomic E-state index is 0.0721. The number of hydrogen-bond acceptors (Lipinski definition) is 4. The monoisotopic (exact) mass is 427 g/mol. The summed E-state index contributed by atoms with van der Waals surface area (Å²) in [7, 11) is 0. The quantitative estimate of drug-likeness (QED) is 0.504. The number of hydrogen-bond donors (Lipinski definition) is 3. The van der Waals surface area contributed by atoms with Crippen molar-refractivity contribution in [3.8, 4) is 11.5 Å². The van der Waals surface area contributed by atoms with Crippen LogP contribution >= 0.6 is 0 Å². The summed E-state index contributed by atoms with van der Waals surface area (Å²) in [6.45, 7) is 9.78. The number of unbranched alkanes of at least 4 members (excludes halogenated alkanes) is 1. The molecule has 0 saturated carbocycles. The summed E-state index contributed by atoms with van der Waals surface area (Å²) in [4.78, 5) is 13.7. The summed E-state index contributed by atoms with van der Waals surface area (Å²) in [5, 5.41) is 14.5. The SMILES string of the molecule is CCCCOc1ccc(N2CCCC2)cc1.CCNC(=O)NC(C)c1ccc(O)cc1. The van der Waals surface area contributed by atoms with Gasteiger partial charge in [0.1, 0.15) is 11.5 Å². The zero-order valence-corrected chi connectivity index (χ0v) is 19.1. The predicted molar refractivity (Wildman–Crippen MR) is 127 cm³/mol. The highest BCUT2D eigenvalue weighted by molar-refractivity contribution is 5.74. The summed E-state index contributed by atoms with van der Waals surface area (Å²) in [5.41, 5.74) is 2.29. The van der Waals surface area contributed by atoms with Crippen LogP contribution in [0.1, 0.15) is 58.1 Å². The molecule has 1 saturated heterocycles. The lowest BCUT2D eigenvalue weighted by atomic mass is 10.1. The molecular weight excluding hydrogens is 390 g/mol. The molecule has 3 N–H and O–H groups in total. The Kier molecular flexibility index (Phi) is 10.6. The van der Waals surface area contributed by atoms with Gasteiger partial charge in [-0.3, -0.25) is 0 Å². The summed E-state index contributed by atoms with van der Waals surface area (Å²) in [5.74, 6) is 1.22. The summed E-state index contributed by atoms with van der Waals surface area (Å²) >= 11 is 0. The molecule has 170 valence electrons. The number of nitrogens with zero attached hydrogens (tertiary/aromatic N) is 1. The third kappa shape index (κ3) is 8.79. The van der Waals surface area contributed by atoms with Crippen molar-refractivity contribution >= 4 is 11.7 Å². The Bertz CT molecular complexity index is 757. The fourth-order valence-corrected chi connectivity index (χ4v) is 3.32. The molecule has 31 heavy (non-hydrogen) atoms. The Morgan fingerprint density at radius 2 is 1.71 bits per heavy atom. The number of urea groups is 1. The van der Waals surface area contributed by atoms with Crippen LogP contribution in [0.4, 0.5) is 10.5 Å². The largest absolute Gasteiger partial charge is 0.508 e. The number of carbonyl (C=O) groups is 1. The van der Waals surface area contributed by atoms with Gasteiger partial charge in [-0.2, -0.15) is 0 Å². The first-order valence-corrected chi connectivity index (χ1v) is 11.3. The summed E-state index contributed by atoms with van der Waals surface area (Å²) in [6, 6.07) is 15.0. The van der Waals surface area contributed by atoms with E-state index in [0.717, 1.165) is 24.3 Å². The molecule has 0 aliphatic carbocycles. The molecular formula is C25H37N3O3. The fraction of sp³-hybridized carbons (Fsp3) is 0.480. The lowest BCUT2D eigenvalue weighted by Gasteiger charge is -2.17. The van der Waals surface area contributed by atoms with Gasteiger partial charge in [0.15, 0.2) is 0 Å². The number of benzene rings is 2. The van der Waals surface area contributed by atoms with Gasteiger partial charge >= 0.3 is 6.03 Å². The van der Waals surface area contributed by atoms with Gasteiger partial charge in [0.05, 0.1) is 12.6 Å². The number of phenolic OH excluding ortho intramolecular Hbond substituents is 1. The highest BCUT2D eigenvalue weighted by Gasteiger charge is 2.11. The molecule has 1 aliphatic rings. The average Bonchev–Trinajstić information content (AvgIpc) is 3.30. The van der Waals surface area contributed by atoms with Crippen molar-refractivity contribution in [3.63, 3.8) is 0 Å². The van der Waals surface area contributed by atoms with Gasteiger partial charge in [0, 0.05) is 25.3 Å². The molecule has 1 aliphatic heterocycles. The van der Waals surface area contributed by atoms with Crippen LogP contribution in [0.5, 0.6) is 11.5 Å². The zero-order valence-electron chi connectivity index (χ0n) is 19.1. The minimum atomic E-state index is -0.182. The van der Waals surface area contributed by atoms with Gasteiger partial charge in [-0.05, 0) is 75.1 Å². The van der Waals surface area contributed by atoms with E-state index >= 15 is 0 Å². The fourth-order valence-electron chi connectivity index (χ4n) is 3.32. The Balaban J connectivity index is 0.000000221. The number of aromatic hydroxyl groups is 1. The molecule has 1 unspecified atom stereocenters. The topological polar surface area (TPSA) is 73.8 Å². The first kappa shape index (κ1) is 24.4. The Hall–Kier alpha value is -2.89. The lowest BCUT2D eigenvalue weighted by molar-refractivity contribution is 0.238. The van der Waals surface area contributed by atoms with Gasteiger partial charge in [-0.1, -0.05) is 25.5 Å². The average molecular weight is 428 g/mol. The Labute approximate surface area is 186 Å². The molecule has 1 fully saturated rings. The van der Waals surface area contributed by atoms with E-state index in [1.54, 1.807) is 24.3 Å². The van der Waals surface area contributed by atoms with E-state index in [0.29, 0.717) is 6.54 Å². The van der Waals surface area contributed by atoms with Gasteiger partial charge < -0.3 is 25.4 Å². The Morgan fingerprint density at radius 1 is 1.06 bits per heavy atom. The van der Waals surface area contributed by atoms with E-state index in [1.165, 1.54) is 38.0 Å². The normalized spacial score (nSPS) is 13.7. The van der Waals surface area contributed by atoms with Crippen molar-refractivity contribution in [2.75, 3.05) is 31.1 Å². The molecule has 2 aromatic rings. The van der Waals surface area contributed by atoms with Crippen molar-refractivity contribution in [1.29, 1.82) is 0 Å². The zero-order chi connectivity index (χ0) is 22.5. The third-order valence-electron chi connectivity index (χ3n) is 5.15. The Morgan fingerprint density at radius 3 is 2.29 bits per heavy atom. The standard InChI is InChI=1S/C14H21NO.C11H16N2O2/c1-2-3-12-16-14-8-6-13(7-9-14)15-10-4-5-11-15;1-3-12-11(15)13-8(2)9-4-6-10(14)7-5-9/h6-9H,2-5,10-12H2,1H3;4-8,14H,3H2,1-2H3,(H2,12,13,15). The maximum Gasteiger partial charge on any atom is 0.315 e. The third-order valence-corrected chi connectivity index (χ3v) is 5.15. The van der Waals surface area contributed by atoms with Crippen LogP contribution in [0.25, 0.3) is 0 Å². The molecule has 6 heteroatoms. The number of phenols is 1. The number of nitrogens with one attached hydrogen (secondary N) is 2. The van der Waals surface area contributed by atoms with Crippen LogP contribution in [0, 0.1) is 0 Å². The molecule has 2 aromatic carbocycles. The number of rotatable bonds is 8. The van der Waals surface area contributed by atoms with E-state index in [2.05, 4.69) is 46.7 Å². The molecule has 0 radical (unpaired) electrons. The van der Waals surface area contributed by atoms with E-state index in [9.17, 15) is 4.79 Å². The number of carbonyl (C=O) groups excluding carboxylic acids is 1. The van der Waals surface area contributed by atoms with E-state index < -0.39 is 0 Å². The number of anilines is 1. The lowest BCUT2D eigenvalue weighted by Crippen LogP contribution is -2.36. The second-order valence-electron chi connectivity index (χ2n) is 7.71. The van der Waals surface area contributed by atoms with E-state index in [-0.39, 0.29) is 17.8 Å². The van der Waals surface area contributed by atoms with Gasteiger partial charge in [-0.15, -0.1) is 0 Å². The first-order valence-electron chi connectivity index (χ1n) is 11.3. The van der Waals surface area contributed by atoms with Gasteiger partial charge in [0.2, 0.25) is 0 Å². The van der Waals surface area contributed by atoms with Crippen LogP contribution in [0.15, 0.2) is 48.5 Å². The van der Waals surface area contributed by atoms with Gasteiger partial charge in [-0.25, -0.2) is 4.79 Å². The molecule has 3 rings (SSSR count). The number of amides is 2. The van der Waals surface area contributed by atoms with Crippen molar-refractivity contribution < 1.29 is 14.6 Å². The van der Waals surface area contributed by atoms with Crippen molar-refractivity contribution in [2.45, 2.75) is 52.5 Å². The smallest absolute Gasteiger partial charge is 0.315 e. The van der Waals surface area contributed by atoms with Crippen LogP contribution in [-0.2, 0) is 0 Å².